The number of aliphatic imine (C=N–C) groups is 1. The first-order chi connectivity index (χ1) is 12.2. The van der Waals surface area contributed by atoms with Gasteiger partial charge >= 0.3 is 5.92 Å². The van der Waals surface area contributed by atoms with E-state index in [1.165, 1.54) is 44.2 Å². The Balaban J connectivity index is 2.00. The van der Waals surface area contributed by atoms with E-state index in [0.717, 1.165) is 6.07 Å². The Morgan fingerprint density at radius 3 is 2.35 bits per heavy atom. The minimum absolute atomic E-state index is 0.00548. The molecule has 0 atom stereocenters. The van der Waals surface area contributed by atoms with Crippen molar-refractivity contribution in [3.05, 3.63) is 65.0 Å². The lowest BCUT2D eigenvalue weighted by Gasteiger charge is -2.36. The van der Waals surface area contributed by atoms with E-state index in [-0.39, 0.29) is 28.1 Å². The molecule has 132 valence electrons. The Kier molecular flexibility index (Phi) is 3.37. The molecule has 0 aliphatic carbocycles. The molecule has 0 saturated heterocycles. The average molecular weight is 360 g/mol. The minimum atomic E-state index is -3.52. The summed E-state index contributed by atoms with van der Waals surface area (Å²) in [5, 5.41) is 7.62. The number of halogens is 4. The van der Waals surface area contributed by atoms with E-state index >= 15 is 0 Å². The highest BCUT2D eigenvalue weighted by molar-refractivity contribution is 6.13. The Labute approximate surface area is 145 Å². The quantitative estimate of drug-likeness (QED) is 0.616. The summed E-state index contributed by atoms with van der Waals surface area (Å²) in [6.07, 6.45) is 0. The molecule has 3 aromatic rings. The number of nitrogens with zero attached hydrogens (tertiary/aromatic N) is 4. The van der Waals surface area contributed by atoms with Gasteiger partial charge in [0.1, 0.15) is 22.6 Å². The van der Waals surface area contributed by atoms with E-state index in [2.05, 4.69) is 20.2 Å². The number of hydrogen-bond acceptors (Lipinski definition) is 4. The number of aromatic nitrogens is 3. The SMILES string of the molecule is CC1(C)N=C(c2nnc3c(F)cccc3n2)c2cccc(F)c2C1(F)F. The number of hydrogen-bond donors (Lipinski definition) is 0. The van der Waals surface area contributed by atoms with E-state index in [1.807, 2.05) is 0 Å². The Bertz CT molecular complexity index is 1080. The van der Waals surface area contributed by atoms with Crippen LogP contribution in [0.5, 0.6) is 0 Å². The zero-order valence-electron chi connectivity index (χ0n) is 13.8. The molecular weight excluding hydrogens is 348 g/mol. The first-order valence-corrected chi connectivity index (χ1v) is 7.79. The molecule has 0 unspecified atom stereocenters. The standard InChI is InChI=1S/C18H12F4N4/c1-17(2)18(21,22)13-9(5-3-6-10(13)19)14(24-17)16-23-12-8-4-7-11(20)15(12)25-26-16/h3-8H,1-2H3. The van der Waals surface area contributed by atoms with Gasteiger partial charge in [-0.1, -0.05) is 18.2 Å². The predicted octanol–water partition coefficient (Wildman–Crippen LogP) is 4.02. The van der Waals surface area contributed by atoms with Crippen molar-refractivity contribution in [3.8, 4) is 0 Å². The Morgan fingerprint density at radius 1 is 0.885 bits per heavy atom. The topological polar surface area (TPSA) is 51.0 Å². The number of benzene rings is 2. The van der Waals surface area contributed by atoms with Crippen molar-refractivity contribution in [1.29, 1.82) is 0 Å². The van der Waals surface area contributed by atoms with Gasteiger partial charge in [0.25, 0.3) is 0 Å². The van der Waals surface area contributed by atoms with Crippen LogP contribution in [0.15, 0.2) is 41.4 Å². The van der Waals surface area contributed by atoms with Crippen molar-refractivity contribution < 1.29 is 17.6 Å². The molecule has 0 spiro atoms. The molecule has 26 heavy (non-hydrogen) atoms. The number of alkyl halides is 2. The molecule has 4 nitrogen and oxygen atoms in total. The maximum atomic E-state index is 14.8. The second-order valence-electron chi connectivity index (χ2n) is 6.50. The molecule has 0 radical (unpaired) electrons. The molecule has 0 amide bonds. The summed E-state index contributed by atoms with van der Waals surface area (Å²) in [5.74, 6) is -5.22. The van der Waals surface area contributed by atoms with Crippen LogP contribution in [0.25, 0.3) is 11.0 Å². The summed E-state index contributed by atoms with van der Waals surface area (Å²) in [6, 6.07) is 7.80. The third-order valence-electron chi connectivity index (χ3n) is 4.39. The van der Waals surface area contributed by atoms with E-state index in [4.69, 9.17) is 0 Å². The van der Waals surface area contributed by atoms with Gasteiger partial charge < -0.3 is 0 Å². The van der Waals surface area contributed by atoms with Gasteiger partial charge in [-0.15, -0.1) is 10.2 Å². The van der Waals surface area contributed by atoms with Crippen LogP contribution in [0.1, 0.15) is 30.8 Å². The van der Waals surface area contributed by atoms with Crippen LogP contribution in [0, 0.1) is 11.6 Å². The molecule has 1 aliphatic rings. The molecule has 0 N–H and O–H groups in total. The van der Waals surface area contributed by atoms with Gasteiger partial charge in [-0.2, -0.15) is 8.78 Å². The van der Waals surface area contributed by atoms with Crippen molar-refractivity contribution in [2.75, 3.05) is 0 Å². The Morgan fingerprint density at radius 2 is 1.58 bits per heavy atom. The molecule has 2 heterocycles. The lowest BCUT2D eigenvalue weighted by atomic mass is 9.82. The van der Waals surface area contributed by atoms with Crippen molar-refractivity contribution in [3.63, 3.8) is 0 Å². The van der Waals surface area contributed by atoms with Gasteiger partial charge in [-0.25, -0.2) is 13.8 Å². The first kappa shape index (κ1) is 16.6. The van der Waals surface area contributed by atoms with E-state index < -0.39 is 28.7 Å². The fraction of sp³-hybridized carbons (Fsp3) is 0.222. The lowest BCUT2D eigenvalue weighted by Crippen LogP contribution is -2.45. The molecule has 1 aliphatic heterocycles. The summed E-state index contributed by atoms with van der Waals surface area (Å²) < 4.78 is 57.6. The number of rotatable bonds is 1. The van der Waals surface area contributed by atoms with Gasteiger partial charge in [-0.05, 0) is 32.0 Å². The lowest BCUT2D eigenvalue weighted by molar-refractivity contribution is -0.0710. The zero-order chi connectivity index (χ0) is 18.7. The van der Waals surface area contributed by atoms with Gasteiger partial charge in [0, 0.05) is 5.56 Å². The van der Waals surface area contributed by atoms with Crippen LogP contribution in [0.3, 0.4) is 0 Å². The smallest absolute Gasteiger partial charge is 0.268 e. The zero-order valence-corrected chi connectivity index (χ0v) is 13.8. The Hall–Kier alpha value is -2.90. The average Bonchev–Trinajstić information content (AvgIpc) is 2.58. The highest BCUT2D eigenvalue weighted by atomic mass is 19.3. The summed E-state index contributed by atoms with van der Waals surface area (Å²) in [5.41, 5.74) is -2.63. The monoisotopic (exact) mass is 360 g/mol. The van der Waals surface area contributed by atoms with Gasteiger partial charge in [0.2, 0.25) is 5.82 Å². The highest BCUT2D eigenvalue weighted by Gasteiger charge is 2.54. The molecule has 0 bridgehead atoms. The van der Waals surface area contributed by atoms with E-state index in [1.54, 1.807) is 0 Å². The third kappa shape index (κ3) is 2.21. The van der Waals surface area contributed by atoms with Crippen LogP contribution in [-0.2, 0) is 5.92 Å². The largest absolute Gasteiger partial charge is 0.300 e. The second kappa shape index (κ2) is 5.30. The normalized spacial score (nSPS) is 17.7. The van der Waals surface area contributed by atoms with Crippen molar-refractivity contribution in [2.45, 2.75) is 25.3 Å². The molecular formula is C18H12F4N4. The van der Waals surface area contributed by atoms with Crippen molar-refractivity contribution in [2.24, 2.45) is 4.99 Å². The van der Waals surface area contributed by atoms with E-state index in [0.29, 0.717) is 0 Å². The molecule has 0 saturated carbocycles. The fourth-order valence-corrected chi connectivity index (χ4v) is 2.95. The second-order valence-corrected chi connectivity index (χ2v) is 6.50. The summed E-state index contributed by atoms with van der Waals surface area (Å²) in [6.45, 7) is 2.41. The van der Waals surface area contributed by atoms with E-state index in [9.17, 15) is 17.6 Å². The summed E-state index contributed by atoms with van der Waals surface area (Å²) >= 11 is 0. The molecule has 8 heteroatoms. The van der Waals surface area contributed by atoms with Gasteiger partial charge in [0.05, 0.1) is 11.1 Å². The van der Waals surface area contributed by atoms with Gasteiger partial charge in [-0.3, -0.25) is 4.99 Å². The molecule has 2 aromatic carbocycles. The summed E-state index contributed by atoms with van der Waals surface area (Å²) in [7, 11) is 0. The molecule has 1 aromatic heterocycles. The van der Waals surface area contributed by atoms with Crippen LogP contribution in [0.2, 0.25) is 0 Å². The van der Waals surface area contributed by atoms with Crippen LogP contribution >= 0.6 is 0 Å². The molecule has 0 fully saturated rings. The maximum Gasteiger partial charge on any atom is 0.300 e. The number of fused-ring (bicyclic) bond motifs is 2. The van der Waals surface area contributed by atoms with Crippen molar-refractivity contribution in [1.82, 2.24) is 15.2 Å². The first-order valence-electron chi connectivity index (χ1n) is 7.79. The van der Waals surface area contributed by atoms with Crippen molar-refractivity contribution >= 4 is 16.7 Å². The molecule has 4 rings (SSSR count). The highest BCUT2D eigenvalue weighted by Crippen LogP contribution is 2.47. The third-order valence-corrected chi connectivity index (χ3v) is 4.39. The van der Waals surface area contributed by atoms with Crippen LogP contribution < -0.4 is 0 Å². The van der Waals surface area contributed by atoms with Gasteiger partial charge in [0.15, 0.2) is 5.82 Å². The summed E-state index contributed by atoms with van der Waals surface area (Å²) in [4.78, 5) is 8.28. The van der Waals surface area contributed by atoms with Crippen LogP contribution in [-0.4, -0.2) is 26.4 Å². The van der Waals surface area contributed by atoms with Crippen LogP contribution in [0.4, 0.5) is 17.6 Å². The minimum Gasteiger partial charge on any atom is -0.268 e. The fourth-order valence-electron chi connectivity index (χ4n) is 2.95. The predicted molar refractivity (Wildman–Crippen MR) is 87.3 cm³/mol. The maximum absolute atomic E-state index is 14.8.